The number of amides is 1. The minimum atomic E-state index is -0.133. The Morgan fingerprint density at radius 1 is 1.32 bits per heavy atom. The number of nitriles is 1. The molecule has 0 saturated carbocycles. The van der Waals surface area contributed by atoms with Crippen LogP contribution in [0.15, 0.2) is 40.0 Å². The molecule has 1 N–H and O–H groups in total. The van der Waals surface area contributed by atoms with Crippen LogP contribution in [0, 0.1) is 32.1 Å². The molecule has 0 radical (unpaired) electrons. The number of carbonyl (C=O) groups excluding carboxylic acids is 1. The number of aryl methyl sites for hydroxylation is 3. The molecule has 0 spiro atoms. The van der Waals surface area contributed by atoms with Gasteiger partial charge in [0.15, 0.2) is 10.3 Å². The lowest BCUT2D eigenvalue weighted by atomic mass is 10.1. The van der Waals surface area contributed by atoms with Gasteiger partial charge in [0.05, 0.1) is 33.2 Å². The molecule has 3 aromatic rings. The highest BCUT2D eigenvalue weighted by molar-refractivity contribution is 8.01. The summed E-state index contributed by atoms with van der Waals surface area (Å²) in [6.45, 7) is 5.99. The average Bonchev–Trinajstić information content (AvgIpc) is 3.26. The number of aromatic nitrogens is 3. The van der Waals surface area contributed by atoms with Crippen LogP contribution in [0.25, 0.3) is 5.69 Å². The second-order valence-electron chi connectivity index (χ2n) is 6.05. The molecule has 6 nitrogen and oxygen atoms in total. The van der Waals surface area contributed by atoms with Gasteiger partial charge >= 0.3 is 0 Å². The molecule has 2 heterocycles. The van der Waals surface area contributed by atoms with Crippen molar-refractivity contribution in [2.75, 3.05) is 16.8 Å². The monoisotopic (exact) mass is 429 g/mol. The van der Waals surface area contributed by atoms with Crippen molar-refractivity contribution in [3.8, 4) is 11.8 Å². The lowest BCUT2D eigenvalue weighted by Gasteiger charge is -2.11. The van der Waals surface area contributed by atoms with Crippen molar-refractivity contribution in [1.29, 1.82) is 5.26 Å². The third kappa shape index (κ3) is 4.95. The molecule has 0 aliphatic rings. The van der Waals surface area contributed by atoms with Crippen LogP contribution in [0.1, 0.15) is 16.8 Å². The van der Waals surface area contributed by atoms with Gasteiger partial charge in [-0.2, -0.15) is 5.26 Å². The quantitative estimate of drug-likeness (QED) is 0.553. The second-order valence-corrected chi connectivity index (χ2v) is 9.23. The van der Waals surface area contributed by atoms with E-state index in [-0.39, 0.29) is 11.7 Å². The predicted octanol–water partition coefficient (Wildman–Crippen LogP) is 4.60. The molecule has 0 saturated heterocycles. The van der Waals surface area contributed by atoms with Crippen molar-refractivity contribution in [2.24, 2.45) is 0 Å². The molecule has 1 amide bonds. The molecule has 0 atom stereocenters. The Kier molecular flexibility index (Phi) is 6.78. The van der Waals surface area contributed by atoms with Gasteiger partial charge in [-0.1, -0.05) is 47.0 Å². The Hall–Kier alpha value is -2.28. The molecule has 9 heteroatoms. The van der Waals surface area contributed by atoms with Gasteiger partial charge in [-0.25, -0.2) is 9.97 Å². The number of thiazole rings is 1. The Morgan fingerprint density at radius 2 is 2.14 bits per heavy atom. The van der Waals surface area contributed by atoms with E-state index in [1.165, 1.54) is 40.4 Å². The Bertz CT molecular complexity index is 1030. The van der Waals surface area contributed by atoms with E-state index in [4.69, 9.17) is 5.26 Å². The van der Waals surface area contributed by atoms with E-state index in [1.54, 1.807) is 6.20 Å². The first-order valence-corrected chi connectivity index (χ1v) is 11.3. The molecule has 0 aliphatic heterocycles. The molecule has 3 rings (SSSR count). The lowest BCUT2D eigenvalue weighted by molar-refractivity contribution is -0.113. The molecular formula is C19H19N5OS3. The maximum Gasteiger partial charge on any atom is 0.236 e. The van der Waals surface area contributed by atoms with E-state index in [0.717, 1.165) is 26.3 Å². The zero-order valence-electron chi connectivity index (χ0n) is 15.7. The first-order chi connectivity index (χ1) is 13.5. The Morgan fingerprint density at radius 3 is 2.93 bits per heavy atom. The first kappa shape index (κ1) is 20.5. The first-order valence-electron chi connectivity index (χ1n) is 8.48. The highest BCUT2D eigenvalue weighted by atomic mass is 32.2. The van der Waals surface area contributed by atoms with Crippen LogP contribution in [0.2, 0.25) is 0 Å². The van der Waals surface area contributed by atoms with Crippen LogP contribution in [0.3, 0.4) is 0 Å². The highest BCUT2D eigenvalue weighted by Gasteiger charge is 2.14. The minimum absolute atomic E-state index is 0.133. The summed E-state index contributed by atoms with van der Waals surface area (Å²) in [6.07, 6.45) is 3.65. The summed E-state index contributed by atoms with van der Waals surface area (Å²) in [7, 11) is 0. The van der Waals surface area contributed by atoms with Crippen LogP contribution < -0.4 is 5.32 Å². The topological polar surface area (TPSA) is 83.6 Å². The second kappa shape index (κ2) is 9.28. The van der Waals surface area contributed by atoms with E-state index in [0.29, 0.717) is 10.9 Å². The average molecular weight is 430 g/mol. The minimum Gasteiger partial charge on any atom is -0.301 e. The third-order valence-electron chi connectivity index (χ3n) is 3.83. The Labute approximate surface area is 176 Å². The smallest absolute Gasteiger partial charge is 0.236 e. The fraction of sp³-hybridized carbons (Fsp3) is 0.263. The van der Waals surface area contributed by atoms with E-state index in [9.17, 15) is 4.79 Å². The predicted molar refractivity (Wildman–Crippen MR) is 116 cm³/mol. The SMILES string of the molecule is Cc1ccc(C)c(-n2ccnc2SCC(=O)Nc2nc(C)c(SCC#N)s2)c1. The van der Waals surface area contributed by atoms with Crippen molar-refractivity contribution in [3.63, 3.8) is 0 Å². The number of anilines is 1. The van der Waals surface area contributed by atoms with Gasteiger partial charge < -0.3 is 5.32 Å². The number of benzene rings is 1. The summed E-state index contributed by atoms with van der Waals surface area (Å²) in [5.74, 6) is 0.472. The maximum absolute atomic E-state index is 12.3. The number of nitrogens with one attached hydrogen (secondary N) is 1. The van der Waals surface area contributed by atoms with E-state index < -0.39 is 0 Å². The molecule has 1 aromatic carbocycles. The fourth-order valence-electron chi connectivity index (χ4n) is 2.51. The fourth-order valence-corrected chi connectivity index (χ4v) is 5.09. The van der Waals surface area contributed by atoms with Gasteiger partial charge in [0.1, 0.15) is 0 Å². The summed E-state index contributed by atoms with van der Waals surface area (Å²) in [4.78, 5) is 21.1. The molecule has 0 fully saturated rings. The van der Waals surface area contributed by atoms with Crippen LogP contribution >= 0.6 is 34.9 Å². The number of rotatable bonds is 7. The molecule has 0 aliphatic carbocycles. The maximum atomic E-state index is 12.3. The van der Waals surface area contributed by atoms with E-state index in [2.05, 4.69) is 53.4 Å². The van der Waals surface area contributed by atoms with E-state index in [1.807, 2.05) is 17.7 Å². The van der Waals surface area contributed by atoms with Crippen molar-refractivity contribution < 1.29 is 4.79 Å². The van der Waals surface area contributed by atoms with Gasteiger partial charge in [0, 0.05) is 12.4 Å². The molecule has 144 valence electrons. The number of thioether (sulfide) groups is 2. The largest absolute Gasteiger partial charge is 0.301 e. The summed E-state index contributed by atoms with van der Waals surface area (Å²) >= 11 is 4.21. The molecule has 0 unspecified atom stereocenters. The normalized spacial score (nSPS) is 10.6. The van der Waals surface area contributed by atoms with Gasteiger partial charge in [-0.3, -0.25) is 9.36 Å². The van der Waals surface area contributed by atoms with Gasteiger partial charge in [-0.15, -0.1) is 0 Å². The summed E-state index contributed by atoms with van der Waals surface area (Å²) in [5.41, 5.74) is 4.22. The van der Waals surface area contributed by atoms with Crippen LogP contribution in [-0.4, -0.2) is 31.9 Å². The summed E-state index contributed by atoms with van der Waals surface area (Å²) in [6, 6.07) is 8.37. The van der Waals surface area contributed by atoms with Crippen molar-refractivity contribution >= 4 is 45.9 Å². The third-order valence-corrected chi connectivity index (χ3v) is 7.10. The lowest BCUT2D eigenvalue weighted by Crippen LogP contribution is -2.14. The molecule has 2 aromatic heterocycles. The Balaban J connectivity index is 1.64. The van der Waals surface area contributed by atoms with Crippen molar-refractivity contribution in [1.82, 2.24) is 14.5 Å². The molecular weight excluding hydrogens is 410 g/mol. The van der Waals surface area contributed by atoms with Gasteiger partial charge in [0.25, 0.3) is 0 Å². The zero-order valence-corrected chi connectivity index (χ0v) is 18.2. The van der Waals surface area contributed by atoms with Gasteiger partial charge in [0.2, 0.25) is 5.91 Å². The zero-order chi connectivity index (χ0) is 20.1. The van der Waals surface area contributed by atoms with Crippen LogP contribution in [0.4, 0.5) is 5.13 Å². The molecule has 0 bridgehead atoms. The van der Waals surface area contributed by atoms with E-state index >= 15 is 0 Å². The number of hydrogen-bond acceptors (Lipinski definition) is 7. The summed E-state index contributed by atoms with van der Waals surface area (Å²) < 4.78 is 2.96. The number of hydrogen-bond donors (Lipinski definition) is 1. The number of imidazole rings is 1. The number of carbonyl (C=O) groups is 1. The molecule has 28 heavy (non-hydrogen) atoms. The van der Waals surface area contributed by atoms with Crippen molar-refractivity contribution in [2.45, 2.75) is 30.1 Å². The summed E-state index contributed by atoms with van der Waals surface area (Å²) in [5, 5.41) is 12.9. The van der Waals surface area contributed by atoms with Crippen LogP contribution in [0.5, 0.6) is 0 Å². The van der Waals surface area contributed by atoms with Crippen LogP contribution in [-0.2, 0) is 4.79 Å². The highest BCUT2D eigenvalue weighted by Crippen LogP contribution is 2.32. The number of nitrogens with zero attached hydrogens (tertiary/aromatic N) is 4. The van der Waals surface area contributed by atoms with Crippen molar-refractivity contribution in [3.05, 3.63) is 47.4 Å². The van der Waals surface area contributed by atoms with Gasteiger partial charge in [-0.05, 0) is 38.0 Å². The standard InChI is InChI=1S/C19H19N5OS3/c1-12-4-5-13(2)15(10-12)24-8-7-21-19(24)27-11-16(25)23-18-22-14(3)17(28-18)26-9-6-20/h4-5,7-8,10H,9,11H2,1-3H3,(H,22,23,25).